The van der Waals surface area contributed by atoms with Gasteiger partial charge in [-0.2, -0.15) is 0 Å². The third-order valence-electron chi connectivity index (χ3n) is 4.43. The molecule has 0 unspecified atom stereocenters. The maximum Gasteiger partial charge on any atom is 0.148 e. The molecule has 6 nitrogen and oxygen atoms in total. The predicted molar refractivity (Wildman–Crippen MR) is 116 cm³/mol. The molecule has 1 N–H and O–H groups in total. The normalized spacial score (nSPS) is 13.5. The van der Waals surface area contributed by atoms with Crippen LogP contribution in [0.25, 0.3) is 0 Å². The number of pyridine rings is 1. The Kier molecular flexibility index (Phi) is 6.25. The van der Waals surface area contributed by atoms with Crippen molar-refractivity contribution < 1.29 is 4.74 Å². The zero-order valence-electron chi connectivity index (χ0n) is 16.1. The van der Waals surface area contributed by atoms with Gasteiger partial charge in [-0.1, -0.05) is 30.0 Å². The lowest BCUT2D eigenvalue weighted by molar-refractivity contribution is 0.122. The smallest absolute Gasteiger partial charge is 0.148 e. The van der Waals surface area contributed by atoms with Crippen LogP contribution in [0.4, 0.5) is 11.5 Å². The number of hydrogen-bond donors (Lipinski definition) is 1. The zero-order valence-corrected chi connectivity index (χ0v) is 16.9. The van der Waals surface area contributed by atoms with E-state index in [1.54, 1.807) is 30.7 Å². The number of ether oxygens (including phenoxy) is 1. The first-order valence-electron chi connectivity index (χ1n) is 9.39. The molecule has 0 amide bonds. The highest BCUT2D eigenvalue weighted by molar-refractivity contribution is 8.00. The van der Waals surface area contributed by atoms with Crippen LogP contribution in [0.2, 0.25) is 0 Å². The molecule has 29 heavy (non-hydrogen) atoms. The van der Waals surface area contributed by atoms with E-state index in [-0.39, 0.29) is 0 Å². The Hall–Kier alpha value is -3.08. The second kappa shape index (κ2) is 9.41. The monoisotopic (exact) mass is 403 g/mol. The van der Waals surface area contributed by atoms with Crippen LogP contribution in [0.1, 0.15) is 16.8 Å². The van der Waals surface area contributed by atoms with E-state index in [1.165, 1.54) is 0 Å². The summed E-state index contributed by atoms with van der Waals surface area (Å²) in [5.41, 5.74) is 3.46. The summed E-state index contributed by atoms with van der Waals surface area (Å²) in [6.07, 6.45) is 5.15. The molecule has 0 radical (unpaired) electrons. The average Bonchev–Trinajstić information content (AvgIpc) is 2.78. The lowest BCUT2D eigenvalue weighted by Crippen LogP contribution is -2.37. The van der Waals surface area contributed by atoms with E-state index in [0.717, 1.165) is 46.3 Å². The molecule has 1 saturated heterocycles. The van der Waals surface area contributed by atoms with Crippen LogP contribution in [-0.4, -0.2) is 41.3 Å². The van der Waals surface area contributed by atoms with E-state index in [0.29, 0.717) is 13.2 Å². The Labute approximate surface area is 174 Å². The SMILES string of the molecule is Cc1ncnc(N2CCOCC2)c1C#Cc1cncc(NSc2ccccc2)c1. The van der Waals surface area contributed by atoms with Gasteiger partial charge in [-0.05, 0) is 37.1 Å². The number of rotatable bonds is 4. The van der Waals surface area contributed by atoms with Gasteiger partial charge in [0.1, 0.15) is 12.1 Å². The van der Waals surface area contributed by atoms with Crippen molar-refractivity contribution in [2.75, 3.05) is 35.9 Å². The quantitative estimate of drug-likeness (QED) is 0.528. The highest BCUT2D eigenvalue weighted by atomic mass is 32.2. The van der Waals surface area contributed by atoms with Gasteiger partial charge in [0.05, 0.1) is 36.4 Å². The molecule has 0 aliphatic carbocycles. The number of morpholine rings is 1. The number of hydrogen-bond acceptors (Lipinski definition) is 7. The molecule has 2 aromatic heterocycles. The van der Waals surface area contributed by atoms with Gasteiger partial charge in [-0.15, -0.1) is 0 Å². The zero-order chi connectivity index (χ0) is 19.9. The number of anilines is 2. The summed E-state index contributed by atoms with van der Waals surface area (Å²) >= 11 is 1.54. The van der Waals surface area contributed by atoms with Crippen LogP contribution in [0.5, 0.6) is 0 Å². The lowest BCUT2D eigenvalue weighted by atomic mass is 10.2. The minimum absolute atomic E-state index is 0.701. The highest BCUT2D eigenvalue weighted by Crippen LogP contribution is 2.22. The topological polar surface area (TPSA) is 63.2 Å². The summed E-state index contributed by atoms with van der Waals surface area (Å²) in [4.78, 5) is 16.5. The maximum atomic E-state index is 5.45. The number of nitrogens with zero attached hydrogens (tertiary/aromatic N) is 4. The first-order valence-corrected chi connectivity index (χ1v) is 10.2. The Bertz CT molecular complexity index is 1030. The minimum Gasteiger partial charge on any atom is -0.378 e. The molecule has 3 heterocycles. The number of aromatic nitrogens is 3. The molecule has 0 bridgehead atoms. The summed E-state index contributed by atoms with van der Waals surface area (Å²) in [5, 5.41) is 0. The van der Waals surface area contributed by atoms with Crippen molar-refractivity contribution in [1.82, 2.24) is 15.0 Å². The van der Waals surface area contributed by atoms with Crippen LogP contribution in [0.3, 0.4) is 0 Å². The molecule has 0 saturated carbocycles. The van der Waals surface area contributed by atoms with E-state index in [2.05, 4.69) is 48.5 Å². The fraction of sp³-hybridized carbons (Fsp3) is 0.227. The van der Waals surface area contributed by atoms with Crippen LogP contribution >= 0.6 is 11.9 Å². The van der Waals surface area contributed by atoms with Crippen molar-refractivity contribution >= 4 is 23.5 Å². The molecule has 0 atom stereocenters. The van der Waals surface area contributed by atoms with E-state index in [9.17, 15) is 0 Å². The van der Waals surface area contributed by atoms with Crippen molar-refractivity contribution in [2.24, 2.45) is 0 Å². The van der Waals surface area contributed by atoms with Crippen LogP contribution in [0, 0.1) is 18.8 Å². The van der Waals surface area contributed by atoms with Gasteiger partial charge < -0.3 is 14.4 Å². The summed E-state index contributed by atoms with van der Waals surface area (Å²) in [5.74, 6) is 7.35. The summed E-state index contributed by atoms with van der Waals surface area (Å²) < 4.78 is 8.76. The van der Waals surface area contributed by atoms with Gasteiger partial charge in [0.25, 0.3) is 0 Å². The Morgan fingerprint density at radius 2 is 1.90 bits per heavy atom. The summed E-state index contributed by atoms with van der Waals surface area (Å²) in [7, 11) is 0. The second-order valence-corrected chi connectivity index (χ2v) is 7.37. The van der Waals surface area contributed by atoms with Gasteiger partial charge in [0, 0.05) is 29.7 Å². The van der Waals surface area contributed by atoms with Crippen LogP contribution in [-0.2, 0) is 4.74 Å². The molecule has 4 rings (SSSR count). The maximum absolute atomic E-state index is 5.45. The highest BCUT2D eigenvalue weighted by Gasteiger charge is 2.17. The first kappa shape index (κ1) is 19.2. The van der Waals surface area contributed by atoms with Crippen molar-refractivity contribution in [3.05, 3.63) is 71.9 Å². The van der Waals surface area contributed by atoms with E-state index < -0.39 is 0 Å². The summed E-state index contributed by atoms with van der Waals surface area (Å²) in [6, 6.07) is 12.1. The predicted octanol–water partition coefficient (Wildman–Crippen LogP) is 3.54. The molecule has 1 aromatic carbocycles. The van der Waals surface area contributed by atoms with Crippen LogP contribution in [0.15, 0.2) is 60.0 Å². The molecule has 1 aliphatic rings. The van der Waals surface area contributed by atoms with E-state index in [4.69, 9.17) is 4.74 Å². The molecule has 0 spiro atoms. The minimum atomic E-state index is 0.701. The van der Waals surface area contributed by atoms with Crippen LogP contribution < -0.4 is 9.62 Å². The van der Waals surface area contributed by atoms with E-state index in [1.807, 2.05) is 31.2 Å². The lowest BCUT2D eigenvalue weighted by Gasteiger charge is -2.28. The summed E-state index contributed by atoms with van der Waals surface area (Å²) in [6.45, 7) is 4.98. The fourth-order valence-corrected chi connectivity index (χ4v) is 3.57. The Morgan fingerprint density at radius 1 is 1.07 bits per heavy atom. The number of nitrogens with one attached hydrogen (secondary N) is 1. The third kappa shape index (κ3) is 5.05. The largest absolute Gasteiger partial charge is 0.378 e. The van der Waals surface area contributed by atoms with Gasteiger partial charge in [0.15, 0.2) is 0 Å². The van der Waals surface area contributed by atoms with Crippen molar-refractivity contribution in [3.8, 4) is 11.8 Å². The Morgan fingerprint density at radius 3 is 2.72 bits per heavy atom. The fourth-order valence-electron chi connectivity index (χ4n) is 2.93. The van der Waals surface area contributed by atoms with Gasteiger partial charge >= 0.3 is 0 Å². The molecular weight excluding hydrogens is 382 g/mol. The number of aryl methyl sites for hydroxylation is 1. The standard InChI is InChI=1S/C22H21N5OS/c1-17-21(22(25-16-24-17)27-9-11-28-12-10-27)8-7-18-13-19(15-23-14-18)26-29-20-5-3-2-4-6-20/h2-6,13-16,26H,9-12H2,1H3. The Balaban J connectivity index is 1.53. The van der Waals surface area contributed by atoms with Crippen molar-refractivity contribution in [2.45, 2.75) is 11.8 Å². The number of benzene rings is 1. The molecule has 3 aromatic rings. The molecule has 1 fully saturated rings. The van der Waals surface area contributed by atoms with Crippen molar-refractivity contribution in [3.63, 3.8) is 0 Å². The van der Waals surface area contributed by atoms with Crippen molar-refractivity contribution in [1.29, 1.82) is 0 Å². The first-order chi connectivity index (χ1) is 14.3. The average molecular weight is 404 g/mol. The molecule has 1 aliphatic heterocycles. The molecule has 146 valence electrons. The molecular formula is C22H21N5OS. The van der Waals surface area contributed by atoms with Gasteiger partial charge in [-0.25, -0.2) is 9.97 Å². The van der Waals surface area contributed by atoms with Gasteiger partial charge in [0.2, 0.25) is 0 Å². The second-order valence-electron chi connectivity index (χ2n) is 6.49. The van der Waals surface area contributed by atoms with E-state index >= 15 is 0 Å². The van der Waals surface area contributed by atoms with Gasteiger partial charge in [-0.3, -0.25) is 4.98 Å². The third-order valence-corrected chi connectivity index (χ3v) is 5.27. The molecule has 7 heteroatoms.